The molecule has 0 spiro atoms. The molecule has 2 aromatic rings. The van der Waals surface area contributed by atoms with Gasteiger partial charge in [0.2, 0.25) is 0 Å². The lowest BCUT2D eigenvalue weighted by atomic mass is 10.2. The van der Waals surface area contributed by atoms with Crippen molar-refractivity contribution >= 4 is 11.6 Å². The second-order valence-corrected chi connectivity index (χ2v) is 3.67. The number of nitrogen functional groups attached to an aromatic ring is 1. The summed E-state index contributed by atoms with van der Waals surface area (Å²) in [6, 6.07) is 10.6. The van der Waals surface area contributed by atoms with E-state index in [-0.39, 0.29) is 5.91 Å². The third-order valence-electron chi connectivity index (χ3n) is 2.35. The third-order valence-corrected chi connectivity index (χ3v) is 2.35. The van der Waals surface area contributed by atoms with Crippen molar-refractivity contribution in [3.05, 3.63) is 59.9 Å². The van der Waals surface area contributed by atoms with Gasteiger partial charge in [0.1, 0.15) is 0 Å². The van der Waals surface area contributed by atoms with Gasteiger partial charge in [-0.25, -0.2) is 0 Å². The molecule has 17 heavy (non-hydrogen) atoms. The van der Waals surface area contributed by atoms with Crippen LogP contribution in [0.4, 0.5) is 5.69 Å². The number of rotatable bonds is 3. The molecule has 0 radical (unpaired) electrons. The van der Waals surface area contributed by atoms with Crippen molar-refractivity contribution in [1.82, 2.24) is 10.3 Å². The van der Waals surface area contributed by atoms with E-state index in [1.807, 2.05) is 12.1 Å². The maximum atomic E-state index is 11.8. The molecule has 1 amide bonds. The average molecular weight is 227 g/mol. The maximum Gasteiger partial charge on any atom is 0.251 e. The Labute approximate surface area is 99.5 Å². The molecule has 1 aromatic heterocycles. The van der Waals surface area contributed by atoms with Crippen LogP contribution >= 0.6 is 0 Å². The highest BCUT2D eigenvalue weighted by Gasteiger charge is 2.04. The van der Waals surface area contributed by atoms with Crippen LogP contribution in [0.3, 0.4) is 0 Å². The number of nitrogens with one attached hydrogen (secondary N) is 1. The molecule has 0 unspecified atom stereocenters. The van der Waals surface area contributed by atoms with Crippen LogP contribution in [0.1, 0.15) is 15.9 Å². The van der Waals surface area contributed by atoms with Crippen molar-refractivity contribution in [1.29, 1.82) is 0 Å². The highest BCUT2D eigenvalue weighted by Crippen LogP contribution is 2.05. The summed E-state index contributed by atoms with van der Waals surface area (Å²) in [6.07, 6.45) is 3.43. The van der Waals surface area contributed by atoms with Crippen LogP contribution in [0.5, 0.6) is 0 Å². The number of nitrogens with two attached hydrogens (primary N) is 1. The number of hydrogen-bond acceptors (Lipinski definition) is 3. The average Bonchev–Trinajstić information content (AvgIpc) is 2.38. The molecule has 3 N–H and O–H groups in total. The highest BCUT2D eigenvalue weighted by molar-refractivity contribution is 5.94. The first-order chi connectivity index (χ1) is 8.25. The molecule has 1 heterocycles. The van der Waals surface area contributed by atoms with Crippen molar-refractivity contribution < 1.29 is 4.79 Å². The molecule has 0 saturated heterocycles. The number of aromatic nitrogens is 1. The minimum Gasteiger partial charge on any atom is -0.399 e. The van der Waals surface area contributed by atoms with Gasteiger partial charge < -0.3 is 11.1 Å². The van der Waals surface area contributed by atoms with E-state index in [2.05, 4.69) is 10.3 Å². The van der Waals surface area contributed by atoms with Gasteiger partial charge in [-0.05, 0) is 35.9 Å². The minimum atomic E-state index is -0.117. The summed E-state index contributed by atoms with van der Waals surface area (Å²) in [5.41, 5.74) is 7.77. The van der Waals surface area contributed by atoms with Crippen molar-refractivity contribution in [3.8, 4) is 0 Å². The molecular formula is C13H13N3O. The summed E-state index contributed by atoms with van der Waals surface area (Å²) in [6.45, 7) is 0.469. The number of anilines is 1. The van der Waals surface area contributed by atoms with E-state index in [1.54, 1.807) is 36.7 Å². The third kappa shape index (κ3) is 3.04. The lowest BCUT2D eigenvalue weighted by Crippen LogP contribution is -2.22. The quantitative estimate of drug-likeness (QED) is 0.782. The fourth-order valence-corrected chi connectivity index (χ4v) is 1.42. The Morgan fingerprint density at radius 1 is 1.24 bits per heavy atom. The summed E-state index contributed by atoms with van der Waals surface area (Å²) in [5, 5.41) is 2.81. The monoisotopic (exact) mass is 227 g/mol. The molecule has 2 rings (SSSR count). The Morgan fingerprint density at radius 2 is 2.00 bits per heavy atom. The van der Waals surface area contributed by atoms with Gasteiger partial charge in [-0.3, -0.25) is 9.78 Å². The lowest BCUT2D eigenvalue weighted by molar-refractivity contribution is 0.0951. The first kappa shape index (κ1) is 11.1. The predicted octanol–water partition coefficient (Wildman–Crippen LogP) is 1.59. The van der Waals surface area contributed by atoms with Gasteiger partial charge in [0, 0.05) is 30.2 Å². The Balaban J connectivity index is 1.96. The molecule has 0 aliphatic rings. The number of pyridine rings is 1. The molecule has 0 aliphatic carbocycles. The minimum absolute atomic E-state index is 0.117. The smallest absolute Gasteiger partial charge is 0.251 e. The van der Waals surface area contributed by atoms with Crippen LogP contribution in [0.15, 0.2) is 48.8 Å². The molecule has 86 valence electrons. The van der Waals surface area contributed by atoms with Gasteiger partial charge in [0.05, 0.1) is 0 Å². The molecule has 0 aliphatic heterocycles. The van der Waals surface area contributed by atoms with E-state index < -0.39 is 0 Å². The molecule has 0 saturated carbocycles. The first-order valence-electron chi connectivity index (χ1n) is 5.28. The molecule has 4 heteroatoms. The zero-order valence-electron chi connectivity index (χ0n) is 9.26. The van der Waals surface area contributed by atoms with E-state index in [4.69, 9.17) is 5.73 Å². The van der Waals surface area contributed by atoms with Crippen LogP contribution in [0.2, 0.25) is 0 Å². The van der Waals surface area contributed by atoms with Crippen LogP contribution in [0, 0.1) is 0 Å². The van der Waals surface area contributed by atoms with Crippen molar-refractivity contribution in [2.24, 2.45) is 0 Å². The molecule has 0 bridgehead atoms. The second kappa shape index (κ2) is 5.12. The summed E-state index contributed by atoms with van der Waals surface area (Å²) >= 11 is 0. The van der Waals surface area contributed by atoms with E-state index in [0.717, 1.165) is 5.56 Å². The SMILES string of the molecule is Nc1ccc(C(=O)NCc2cccnc2)cc1. The highest BCUT2D eigenvalue weighted by atomic mass is 16.1. The standard InChI is InChI=1S/C13H13N3O/c14-12-5-3-11(4-6-12)13(17)16-9-10-2-1-7-15-8-10/h1-8H,9,14H2,(H,16,17). The van der Waals surface area contributed by atoms with Gasteiger partial charge in [-0.2, -0.15) is 0 Å². The zero-order valence-corrected chi connectivity index (χ0v) is 9.26. The molecule has 0 atom stereocenters. The zero-order chi connectivity index (χ0) is 12.1. The Hall–Kier alpha value is -2.36. The van der Waals surface area contributed by atoms with E-state index in [0.29, 0.717) is 17.8 Å². The van der Waals surface area contributed by atoms with Crippen LogP contribution < -0.4 is 11.1 Å². The fourth-order valence-electron chi connectivity index (χ4n) is 1.42. The first-order valence-corrected chi connectivity index (χ1v) is 5.28. The number of carbonyl (C=O) groups excluding carboxylic acids is 1. The Kier molecular flexibility index (Phi) is 3.35. The van der Waals surface area contributed by atoms with Crippen LogP contribution in [-0.4, -0.2) is 10.9 Å². The molecule has 4 nitrogen and oxygen atoms in total. The summed E-state index contributed by atoms with van der Waals surface area (Å²) in [4.78, 5) is 15.7. The second-order valence-electron chi connectivity index (χ2n) is 3.67. The maximum absolute atomic E-state index is 11.8. The Morgan fingerprint density at radius 3 is 2.65 bits per heavy atom. The number of nitrogens with zero attached hydrogens (tertiary/aromatic N) is 1. The molecular weight excluding hydrogens is 214 g/mol. The largest absolute Gasteiger partial charge is 0.399 e. The van der Waals surface area contributed by atoms with Crippen molar-refractivity contribution in [2.75, 3.05) is 5.73 Å². The van der Waals surface area contributed by atoms with Gasteiger partial charge >= 0.3 is 0 Å². The molecule has 0 fully saturated rings. The van der Waals surface area contributed by atoms with E-state index in [1.165, 1.54) is 0 Å². The number of benzene rings is 1. The van der Waals surface area contributed by atoms with Crippen LogP contribution in [-0.2, 0) is 6.54 Å². The van der Waals surface area contributed by atoms with Gasteiger partial charge in [-0.15, -0.1) is 0 Å². The van der Waals surface area contributed by atoms with E-state index >= 15 is 0 Å². The topological polar surface area (TPSA) is 68.0 Å². The molecule has 1 aromatic carbocycles. The van der Waals surface area contributed by atoms with Gasteiger partial charge in [0.15, 0.2) is 0 Å². The number of amides is 1. The predicted molar refractivity (Wildman–Crippen MR) is 66.3 cm³/mol. The normalized spacial score (nSPS) is 9.88. The number of carbonyl (C=O) groups is 1. The van der Waals surface area contributed by atoms with E-state index in [9.17, 15) is 4.79 Å². The van der Waals surface area contributed by atoms with Crippen molar-refractivity contribution in [3.63, 3.8) is 0 Å². The summed E-state index contributed by atoms with van der Waals surface area (Å²) in [5.74, 6) is -0.117. The summed E-state index contributed by atoms with van der Waals surface area (Å²) in [7, 11) is 0. The lowest BCUT2D eigenvalue weighted by Gasteiger charge is -2.05. The number of hydrogen-bond donors (Lipinski definition) is 2. The van der Waals surface area contributed by atoms with Gasteiger partial charge in [-0.1, -0.05) is 6.07 Å². The van der Waals surface area contributed by atoms with Crippen molar-refractivity contribution in [2.45, 2.75) is 6.54 Å². The Bertz CT molecular complexity index is 494. The van der Waals surface area contributed by atoms with Crippen LogP contribution in [0.25, 0.3) is 0 Å². The summed E-state index contributed by atoms with van der Waals surface area (Å²) < 4.78 is 0. The van der Waals surface area contributed by atoms with Gasteiger partial charge in [0.25, 0.3) is 5.91 Å². The fraction of sp³-hybridized carbons (Fsp3) is 0.0769.